The molecule has 19 heteroatoms. The fourth-order valence-corrected chi connectivity index (χ4v) is 10.3. The number of rotatable bonds is 23. The summed E-state index contributed by atoms with van der Waals surface area (Å²) in [4.78, 5) is 62.5. The molecule has 2 saturated heterocycles. The van der Waals surface area contributed by atoms with Crippen molar-refractivity contribution in [1.82, 2.24) is 20.5 Å². The molecular weight excluding hydrogens is 968 g/mol. The maximum absolute atomic E-state index is 13.7. The van der Waals surface area contributed by atoms with E-state index in [-0.39, 0.29) is 42.8 Å². The molecule has 3 atom stereocenters. The monoisotopic (exact) mass is 1030 g/mol. The predicted molar refractivity (Wildman–Crippen MR) is 274 cm³/mol. The van der Waals surface area contributed by atoms with Gasteiger partial charge >= 0.3 is 6.18 Å². The number of nitrogens with one attached hydrogen (secondary N) is 2. The molecule has 0 radical (unpaired) electrons. The minimum absolute atomic E-state index is 0.0162. The zero-order chi connectivity index (χ0) is 52.4. The molecule has 3 heterocycles. The lowest BCUT2D eigenvalue weighted by molar-refractivity contribution is -0.141. The highest BCUT2D eigenvalue weighted by atomic mass is 32.1. The van der Waals surface area contributed by atoms with Gasteiger partial charge in [0.1, 0.15) is 17.3 Å². The molecule has 14 nitrogen and oxygen atoms in total. The number of aliphatic hydroxyl groups is 2. The van der Waals surface area contributed by atoms with E-state index in [1.807, 2.05) is 31.2 Å². The Hall–Kier alpha value is -5.94. The van der Waals surface area contributed by atoms with Gasteiger partial charge in [-0.3, -0.25) is 24.1 Å². The van der Waals surface area contributed by atoms with Crippen molar-refractivity contribution in [2.24, 2.45) is 5.41 Å². The fourth-order valence-electron chi connectivity index (χ4n) is 9.01. The van der Waals surface area contributed by atoms with Crippen molar-refractivity contribution in [2.75, 3.05) is 29.5 Å². The Labute approximate surface area is 428 Å². The average molecular weight is 1030 g/mol. The molecule has 2 aliphatic heterocycles. The largest absolute Gasteiger partial charge is 0.494 e. The highest BCUT2D eigenvalue weighted by molar-refractivity contribution is 7.81. The number of β-amino-alcohol motifs (C(OH)–C–C–N with tert-alkyl or cyclic N) is 1. The Bertz CT molecular complexity index is 2600. The van der Waals surface area contributed by atoms with E-state index < -0.39 is 64.2 Å². The third-order valence-electron chi connectivity index (χ3n) is 13.5. The van der Waals surface area contributed by atoms with Crippen LogP contribution in [0.2, 0.25) is 0 Å². The van der Waals surface area contributed by atoms with E-state index in [0.29, 0.717) is 24.5 Å². The molecule has 0 spiro atoms. The zero-order valence-electron chi connectivity index (χ0n) is 41.4. The molecule has 72 heavy (non-hydrogen) atoms. The van der Waals surface area contributed by atoms with Gasteiger partial charge < -0.3 is 35.4 Å². The number of halogens is 3. The summed E-state index contributed by atoms with van der Waals surface area (Å²) in [6.07, 6.45) is 2.73. The summed E-state index contributed by atoms with van der Waals surface area (Å²) in [5.41, 5.74) is 1.13. The number of anilines is 2. The van der Waals surface area contributed by atoms with Crippen LogP contribution in [0, 0.1) is 23.7 Å². The maximum Gasteiger partial charge on any atom is 0.417 e. The van der Waals surface area contributed by atoms with Crippen LogP contribution < -0.4 is 25.2 Å². The van der Waals surface area contributed by atoms with Gasteiger partial charge in [-0.15, -0.1) is 11.3 Å². The van der Waals surface area contributed by atoms with Crippen molar-refractivity contribution in [1.29, 1.82) is 5.26 Å². The predicted octanol–water partition coefficient (Wildman–Crippen LogP) is 8.99. The fraction of sp³-hybridized carbons (Fsp3) is 0.491. The number of nitrogens with zero attached hydrogens (tertiary/aromatic N) is 5. The van der Waals surface area contributed by atoms with Gasteiger partial charge in [-0.25, -0.2) is 4.98 Å². The van der Waals surface area contributed by atoms with E-state index in [9.17, 15) is 47.8 Å². The van der Waals surface area contributed by atoms with E-state index in [2.05, 4.69) is 15.6 Å². The van der Waals surface area contributed by atoms with Crippen LogP contribution in [0.15, 0.2) is 72.2 Å². The molecule has 0 bridgehead atoms. The molecule has 6 rings (SSSR count). The summed E-state index contributed by atoms with van der Waals surface area (Å²) in [5, 5.41) is 36.1. The van der Waals surface area contributed by atoms with Gasteiger partial charge in [-0.05, 0) is 113 Å². The van der Waals surface area contributed by atoms with Crippen molar-refractivity contribution < 1.29 is 47.3 Å². The maximum atomic E-state index is 13.7. The minimum atomic E-state index is -4.79. The van der Waals surface area contributed by atoms with Crippen molar-refractivity contribution in [2.45, 2.75) is 142 Å². The second-order valence-corrected chi connectivity index (χ2v) is 20.7. The minimum Gasteiger partial charge on any atom is -0.494 e. The third-order valence-corrected chi connectivity index (χ3v) is 14.8. The van der Waals surface area contributed by atoms with E-state index in [1.165, 1.54) is 11.0 Å². The van der Waals surface area contributed by atoms with E-state index in [4.69, 9.17) is 17.0 Å². The molecule has 2 fully saturated rings. The smallest absolute Gasteiger partial charge is 0.417 e. The number of aromatic nitrogens is 1. The number of likely N-dealkylation sites (tertiary alicyclic amines) is 1. The topological polar surface area (TPSA) is 188 Å². The van der Waals surface area contributed by atoms with E-state index >= 15 is 0 Å². The van der Waals surface area contributed by atoms with Crippen LogP contribution in [0.4, 0.5) is 24.5 Å². The standard InChI is InChI=1S/C53H64F3N7O7S2/c1-34-46(72-33-60-34)36-18-16-35(17-19-36)30-58-47(67)43-28-40(64)32-61(43)45(66)31-59-48(68)51(2,3)44(65)15-13-11-9-7-6-8-10-12-14-26-70-41-24-22-38(23-25-41)63-50(71)62(49(69)52(63,4)5)39-21-20-37(29-57)42(27-39)53(54,55)56/h16-25,27,33,40,43-44,64-65H,6-15,26,28,30-32H2,1-5H3,(H,58,67)(H,59,68)/t40-,43?,44?/m0/s1. The number of nitriles is 1. The summed E-state index contributed by atoms with van der Waals surface area (Å²) < 4.78 is 47.1. The average Bonchev–Trinajstić information content (AvgIpc) is 4.02. The highest BCUT2D eigenvalue weighted by Crippen LogP contribution is 2.40. The Morgan fingerprint density at radius 3 is 2.18 bits per heavy atom. The summed E-state index contributed by atoms with van der Waals surface area (Å²) >= 11 is 7.20. The van der Waals surface area contributed by atoms with Gasteiger partial charge in [0.2, 0.25) is 17.7 Å². The first kappa shape index (κ1) is 55.4. The number of carbonyl (C=O) groups excluding carboxylic acids is 4. The molecule has 0 saturated carbocycles. The first-order valence-corrected chi connectivity index (χ1v) is 25.7. The third kappa shape index (κ3) is 13.4. The van der Waals surface area contributed by atoms with Crippen LogP contribution in [0.25, 0.3) is 10.4 Å². The SMILES string of the molecule is Cc1ncsc1-c1ccc(CNC(=O)C2C[C@H](O)CN2C(=O)CNC(=O)C(C)(C)C(O)CCCCCCCCCCCOc2ccc(N3C(=S)N(c4ccc(C#N)c(C(F)(F)F)c4)C(=O)C3(C)C)cc2)cc1. The van der Waals surface area contributed by atoms with Gasteiger partial charge in [0, 0.05) is 25.2 Å². The van der Waals surface area contributed by atoms with Crippen LogP contribution in [-0.4, -0.2) is 92.3 Å². The van der Waals surface area contributed by atoms with Crippen LogP contribution in [0.5, 0.6) is 5.75 Å². The lowest BCUT2D eigenvalue weighted by Gasteiger charge is -2.30. The number of hydrogen-bond donors (Lipinski definition) is 4. The molecule has 4 amide bonds. The van der Waals surface area contributed by atoms with Crippen LogP contribution in [0.3, 0.4) is 0 Å². The number of carbonyl (C=O) groups is 4. The summed E-state index contributed by atoms with van der Waals surface area (Å²) in [6, 6.07) is 18.6. The summed E-state index contributed by atoms with van der Waals surface area (Å²) in [5.74, 6) is -1.22. The molecule has 4 N–H and O–H groups in total. The van der Waals surface area contributed by atoms with Crippen molar-refractivity contribution in [3.05, 3.63) is 94.6 Å². The van der Waals surface area contributed by atoms with Gasteiger partial charge in [-0.2, -0.15) is 18.4 Å². The number of thiocarbonyl (C=S) groups is 1. The first-order valence-electron chi connectivity index (χ1n) is 24.4. The first-order chi connectivity index (χ1) is 34.1. The Kier molecular flexibility index (Phi) is 18.6. The second-order valence-electron chi connectivity index (χ2n) is 19.5. The van der Waals surface area contributed by atoms with Crippen LogP contribution >= 0.6 is 23.6 Å². The number of thiazole rings is 1. The van der Waals surface area contributed by atoms with Crippen LogP contribution in [0.1, 0.15) is 121 Å². The van der Waals surface area contributed by atoms with Crippen molar-refractivity contribution in [3.8, 4) is 22.3 Å². The molecule has 2 unspecified atom stereocenters. The molecular formula is C53H64F3N7O7S2. The Morgan fingerprint density at radius 2 is 1.57 bits per heavy atom. The molecule has 4 aromatic rings. The van der Waals surface area contributed by atoms with E-state index in [0.717, 1.165) is 96.5 Å². The van der Waals surface area contributed by atoms with Gasteiger partial charge in [0.15, 0.2) is 5.11 Å². The Balaban J connectivity index is 0.818. The number of amides is 4. The number of ether oxygens (including phenoxy) is 1. The van der Waals surface area contributed by atoms with Crippen LogP contribution in [-0.2, 0) is 31.9 Å². The number of unbranched alkanes of at least 4 members (excludes halogenated alkanes) is 8. The second kappa shape index (κ2) is 24.2. The van der Waals surface area contributed by atoms with Gasteiger partial charge in [0.25, 0.3) is 5.91 Å². The van der Waals surface area contributed by atoms with E-state index in [1.54, 1.807) is 79.8 Å². The number of benzene rings is 3. The van der Waals surface area contributed by atoms with Crippen molar-refractivity contribution >= 4 is 63.7 Å². The number of aliphatic hydroxyl groups excluding tert-OH is 2. The number of alkyl halides is 3. The van der Waals surface area contributed by atoms with Gasteiger partial charge in [0.05, 0.1) is 69.7 Å². The number of aryl methyl sites for hydroxylation is 1. The lowest BCUT2D eigenvalue weighted by Crippen LogP contribution is -2.51. The molecule has 2 aliphatic rings. The normalized spacial score (nSPS) is 17.3. The molecule has 0 aliphatic carbocycles. The summed E-state index contributed by atoms with van der Waals surface area (Å²) in [6.45, 7) is 8.92. The van der Waals surface area contributed by atoms with Gasteiger partial charge in [-0.1, -0.05) is 75.6 Å². The Morgan fingerprint density at radius 1 is 0.944 bits per heavy atom. The zero-order valence-corrected chi connectivity index (χ0v) is 43.0. The molecule has 1 aromatic heterocycles. The molecule has 386 valence electrons. The van der Waals surface area contributed by atoms with Crippen molar-refractivity contribution in [3.63, 3.8) is 0 Å². The molecule has 3 aromatic carbocycles. The quantitative estimate of drug-likeness (QED) is 0.0410. The summed E-state index contributed by atoms with van der Waals surface area (Å²) in [7, 11) is 0. The highest BCUT2D eigenvalue weighted by Gasteiger charge is 2.51. The number of hydrogen-bond acceptors (Lipinski definition) is 11. The lowest BCUT2D eigenvalue weighted by atomic mass is 9.82.